The van der Waals surface area contributed by atoms with Gasteiger partial charge in [-0.25, -0.2) is 12.8 Å². The number of sulfone groups is 1. The van der Waals surface area contributed by atoms with Crippen LogP contribution < -0.4 is 5.32 Å². The molecule has 0 aliphatic carbocycles. The Hall–Kier alpha value is -2.36. The fourth-order valence-electron chi connectivity index (χ4n) is 2.15. The normalized spacial score (nSPS) is 20.0. The minimum atomic E-state index is -3.08. The lowest BCUT2D eigenvalue weighted by atomic mass is 10.2. The van der Waals surface area contributed by atoms with Crippen molar-refractivity contribution in [3.8, 4) is 5.69 Å². The number of halogens is 1. The Morgan fingerprint density at radius 2 is 2.05 bits per heavy atom. The van der Waals surface area contributed by atoms with Crippen LogP contribution in [0.5, 0.6) is 0 Å². The molecule has 3 rings (SSSR count). The summed E-state index contributed by atoms with van der Waals surface area (Å²) >= 11 is 0. The van der Waals surface area contributed by atoms with Crippen LogP contribution in [0.4, 0.5) is 4.39 Å². The van der Waals surface area contributed by atoms with E-state index in [0.717, 1.165) is 4.80 Å². The third-order valence-corrected chi connectivity index (χ3v) is 5.01. The second kappa shape index (κ2) is 5.44. The molecule has 1 saturated heterocycles. The van der Waals surface area contributed by atoms with E-state index in [9.17, 15) is 17.6 Å². The molecule has 1 atom stereocenters. The zero-order valence-corrected chi connectivity index (χ0v) is 12.1. The zero-order valence-electron chi connectivity index (χ0n) is 11.3. The number of tetrazole rings is 1. The zero-order chi connectivity index (χ0) is 15.7. The van der Waals surface area contributed by atoms with E-state index in [0.29, 0.717) is 12.1 Å². The molecule has 116 valence electrons. The molecule has 1 N–H and O–H groups in total. The number of hydrogen-bond donors (Lipinski definition) is 1. The predicted molar refractivity (Wildman–Crippen MR) is 73.6 cm³/mol. The van der Waals surface area contributed by atoms with Gasteiger partial charge in [-0.05, 0) is 35.9 Å². The van der Waals surface area contributed by atoms with Crippen molar-refractivity contribution in [1.82, 2.24) is 25.5 Å². The van der Waals surface area contributed by atoms with Crippen molar-refractivity contribution >= 4 is 15.7 Å². The summed E-state index contributed by atoms with van der Waals surface area (Å²) in [6.07, 6.45) is 0.375. The number of aromatic nitrogens is 4. The van der Waals surface area contributed by atoms with Crippen LogP contribution in [-0.4, -0.2) is 52.1 Å². The molecule has 8 nitrogen and oxygen atoms in total. The fraction of sp³-hybridized carbons (Fsp3) is 0.333. The summed E-state index contributed by atoms with van der Waals surface area (Å²) in [5.41, 5.74) is 0.455. The van der Waals surface area contributed by atoms with Crippen molar-refractivity contribution in [2.45, 2.75) is 12.5 Å². The maximum atomic E-state index is 12.8. The highest BCUT2D eigenvalue weighted by molar-refractivity contribution is 7.91. The van der Waals surface area contributed by atoms with E-state index in [2.05, 4.69) is 20.7 Å². The second-order valence-corrected chi connectivity index (χ2v) is 7.18. The average Bonchev–Trinajstić information content (AvgIpc) is 3.06. The highest BCUT2D eigenvalue weighted by Crippen LogP contribution is 2.11. The maximum absolute atomic E-state index is 12.8. The quantitative estimate of drug-likeness (QED) is 0.831. The molecule has 0 radical (unpaired) electrons. The van der Waals surface area contributed by atoms with E-state index < -0.39 is 27.6 Å². The van der Waals surface area contributed by atoms with Gasteiger partial charge in [0.15, 0.2) is 9.84 Å². The van der Waals surface area contributed by atoms with Gasteiger partial charge in [0.05, 0.1) is 17.2 Å². The van der Waals surface area contributed by atoms with Gasteiger partial charge in [-0.2, -0.15) is 0 Å². The molecule has 2 heterocycles. The van der Waals surface area contributed by atoms with Crippen LogP contribution in [0.1, 0.15) is 17.0 Å². The number of benzene rings is 1. The summed E-state index contributed by atoms with van der Waals surface area (Å²) in [7, 11) is -3.08. The van der Waals surface area contributed by atoms with Crippen LogP contribution in [0.15, 0.2) is 24.3 Å². The predicted octanol–water partition coefficient (Wildman–Crippen LogP) is -0.282. The molecule has 0 bridgehead atoms. The van der Waals surface area contributed by atoms with Gasteiger partial charge in [0.1, 0.15) is 5.82 Å². The second-order valence-electron chi connectivity index (χ2n) is 4.95. The lowest BCUT2D eigenvalue weighted by Crippen LogP contribution is -2.36. The van der Waals surface area contributed by atoms with Gasteiger partial charge in [0, 0.05) is 6.04 Å². The van der Waals surface area contributed by atoms with Gasteiger partial charge in [-0.1, -0.05) is 0 Å². The lowest BCUT2D eigenvalue weighted by Gasteiger charge is -2.07. The molecule has 1 aromatic carbocycles. The summed E-state index contributed by atoms with van der Waals surface area (Å²) in [6, 6.07) is 4.93. The van der Waals surface area contributed by atoms with E-state index in [1.807, 2.05) is 0 Å². The molecule has 0 spiro atoms. The summed E-state index contributed by atoms with van der Waals surface area (Å²) in [5, 5.41) is 13.8. The SMILES string of the molecule is O=C(N[C@H]1CCS(=O)(=O)C1)c1nnn(-c2ccc(F)cc2)n1. The molecule has 0 saturated carbocycles. The van der Waals surface area contributed by atoms with Crippen LogP contribution in [-0.2, 0) is 9.84 Å². The minimum absolute atomic E-state index is 0.0631. The molecule has 0 unspecified atom stereocenters. The molecule has 1 aliphatic rings. The number of amides is 1. The fourth-order valence-corrected chi connectivity index (χ4v) is 3.82. The summed E-state index contributed by atoms with van der Waals surface area (Å²) < 4.78 is 35.5. The van der Waals surface area contributed by atoms with E-state index >= 15 is 0 Å². The van der Waals surface area contributed by atoms with E-state index in [-0.39, 0.29) is 17.3 Å². The molecule has 1 aliphatic heterocycles. The Bertz CT molecular complexity index is 802. The number of nitrogens with zero attached hydrogens (tertiary/aromatic N) is 4. The van der Waals surface area contributed by atoms with Gasteiger partial charge in [0.25, 0.3) is 11.7 Å². The highest BCUT2D eigenvalue weighted by Gasteiger charge is 2.30. The van der Waals surface area contributed by atoms with Crippen LogP contribution in [0.2, 0.25) is 0 Å². The summed E-state index contributed by atoms with van der Waals surface area (Å²) in [4.78, 5) is 13.1. The van der Waals surface area contributed by atoms with Crippen LogP contribution >= 0.6 is 0 Å². The first-order chi connectivity index (χ1) is 10.4. The lowest BCUT2D eigenvalue weighted by molar-refractivity contribution is 0.0930. The molecule has 1 amide bonds. The highest BCUT2D eigenvalue weighted by atomic mass is 32.2. The molecule has 22 heavy (non-hydrogen) atoms. The van der Waals surface area contributed by atoms with Crippen molar-refractivity contribution in [3.63, 3.8) is 0 Å². The summed E-state index contributed by atoms with van der Waals surface area (Å²) in [5.74, 6) is -1.17. The first-order valence-electron chi connectivity index (χ1n) is 6.50. The first-order valence-corrected chi connectivity index (χ1v) is 8.32. The average molecular weight is 325 g/mol. The molecular formula is C12H12FN5O3S. The third-order valence-electron chi connectivity index (χ3n) is 3.24. The van der Waals surface area contributed by atoms with Crippen molar-refractivity contribution in [2.75, 3.05) is 11.5 Å². The molecule has 1 fully saturated rings. The monoisotopic (exact) mass is 325 g/mol. The molecule has 2 aromatic rings. The van der Waals surface area contributed by atoms with Gasteiger partial charge < -0.3 is 5.32 Å². The largest absolute Gasteiger partial charge is 0.345 e. The van der Waals surface area contributed by atoms with E-state index in [1.165, 1.54) is 24.3 Å². The first kappa shape index (κ1) is 14.6. The van der Waals surface area contributed by atoms with Crippen molar-refractivity contribution < 1.29 is 17.6 Å². The number of carbonyl (C=O) groups is 1. The van der Waals surface area contributed by atoms with Crippen LogP contribution in [0, 0.1) is 5.82 Å². The van der Waals surface area contributed by atoms with Crippen LogP contribution in [0.25, 0.3) is 5.69 Å². The van der Waals surface area contributed by atoms with Crippen molar-refractivity contribution in [1.29, 1.82) is 0 Å². The number of rotatable bonds is 3. The maximum Gasteiger partial charge on any atom is 0.293 e. The molecule has 1 aromatic heterocycles. The standard InChI is InChI=1S/C12H12FN5O3S/c13-8-1-3-10(4-2-8)18-16-11(15-17-18)12(19)14-9-5-6-22(20,21)7-9/h1-4,9H,5-7H2,(H,14,19)/t9-/m0/s1. The van der Waals surface area contributed by atoms with Gasteiger partial charge >= 0.3 is 0 Å². The number of hydrogen-bond acceptors (Lipinski definition) is 6. The van der Waals surface area contributed by atoms with Gasteiger partial charge in [0.2, 0.25) is 0 Å². The Morgan fingerprint density at radius 3 is 2.68 bits per heavy atom. The van der Waals surface area contributed by atoms with Gasteiger partial charge in [-0.15, -0.1) is 15.0 Å². The topological polar surface area (TPSA) is 107 Å². The number of carbonyl (C=O) groups excluding carboxylic acids is 1. The number of nitrogens with one attached hydrogen (secondary N) is 1. The smallest absolute Gasteiger partial charge is 0.293 e. The van der Waals surface area contributed by atoms with Crippen molar-refractivity contribution in [2.24, 2.45) is 0 Å². The third kappa shape index (κ3) is 3.11. The van der Waals surface area contributed by atoms with Gasteiger partial charge in [-0.3, -0.25) is 4.79 Å². The Labute approximate surface area is 125 Å². The Morgan fingerprint density at radius 1 is 1.32 bits per heavy atom. The Kier molecular flexibility index (Phi) is 3.61. The summed E-state index contributed by atoms with van der Waals surface area (Å²) in [6.45, 7) is 0. The molecular weight excluding hydrogens is 313 g/mol. The van der Waals surface area contributed by atoms with Crippen LogP contribution in [0.3, 0.4) is 0 Å². The van der Waals surface area contributed by atoms with Crippen molar-refractivity contribution in [3.05, 3.63) is 35.9 Å². The van der Waals surface area contributed by atoms with E-state index in [1.54, 1.807) is 0 Å². The van der Waals surface area contributed by atoms with E-state index in [4.69, 9.17) is 0 Å². The molecule has 10 heteroatoms. The Balaban J connectivity index is 1.71. The minimum Gasteiger partial charge on any atom is -0.345 e.